The lowest BCUT2D eigenvalue weighted by atomic mass is 9.90. The lowest BCUT2D eigenvalue weighted by Crippen LogP contribution is -2.49. The highest BCUT2D eigenvalue weighted by Gasteiger charge is 2.40. The van der Waals surface area contributed by atoms with Gasteiger partial charge in [-0.3, -0.25) is 24.1 Å². The highest BCUT2D eigenvalue weighted by molar-refractivity contribution is 6.13. The lowest BCUT2D eigenvalue weighted by Gasteiger charge is -2.35. The van der Waals surface area contributed by atoms with Crippen LogP contribution in [0.15, 0.2) is 12.2 Å². The first-order valence-corrected chi connectivity index (χ1v) is 7.27. The van der Waals surface area contributed by atoms with Crippen molar-refractivity contribution < 1.29 is 28.8 Å². The number of amides is 4. The summed E-state index contributed by atoms with van der Waals surface area (Å²) >= 11 is 0. The first-order chi connectivity index (χ1) is 10.6. The molecule has 8 nitrogen and oxygen atoms in total. The lowest BCUT2D eigenvalue weighted by molar-refractivity contribution is -0.200. The van der Waals surface area contributed by atoms with Gasteiger partial charge in [0.2, 0.25) is 0 Å². The van der Waals surface area contributed by atoms with Crippen LogP contribution in [0.5, 0.6) is 0 Å². The maximum absolute atomic E-state index is 12.1. The number of carbonyl (C=O) groups excluding carboxylic acids is 5. The second-order valence-corrected chi connectivity index (χ2v) is 6.26. The Hall–Kier alpha value is -2.51. The fourth-order valence-electron chi connectivity index (χ4n) is 2.76. The maximum atomic E-state index is 12.1. The van der Waals surface area contributed by atoms with Crippen molar-refractivity contribution in [1.82, 2.24) is 9.96 Å². The summed E-state index contributed by atoms with van der Waals surface area (Å²) in [6.45, 7) is 4.87. The first kappa shape index (κ1) is 16.9. The van der Waals surface area contributed by atoms with Gasteiger partial charge in [0.25, 0.3) is 23.6 Å². The van der Waals surface area contributed by atoms with Gasteiger partial charge in [0.1, 0.15) is 0 Å². The molecule has 2 aliphatic rings. The van der Waals surface area contributed by atoms with Crippen molar-refractivity contribution in [3.63, 3.8) is 0 Å². The average Bonchev–Trinajstić information content (AvgIpc) is 2.94. The second kappa shape index (κ2) is 5.94. The monoisotopic (exact) mass is 322 g/mol. The molecule has 124 valence electrons. The Bertz CT molecular complexity index is 587. The molecule has 4 amide bonds. The zero-order chi connectivity index (χ0) is 17.4. The molecule has 2 rings (SSSR count). The van der Waals surface area contributed by atoms with Gasteiger partial charge in [-0.15, -0.1) is 5.06 Å². The molecule has 0 N–H and O–H groups in total. The van der Waals surface area contributed by atoms with Crippen molar-refractivity contribution in [3.8, 4) is 0 Å². The van der Waals surface area contributed by atoms with E-state index in [1.165, 1.54) is 12.2 Å². The Balaban J connectivity index is 2.00. The summed E-state index contributed by atoms with van der Waals surface area (Å²) in [5.74, 6) is -3.45. The second-order valence-electron chi connectivity index (χ2n) is 6.26. The van der Waals surface area contributed by atoms with Crippen LogP contribution in [0.3, 0.4) is 0 Å². The van der Waals surface area contributed by atoms with E-state index in [0.29, 0.717) is 5.06 Å². The molecule has 0 radical (unpaired) electrons. The van der Waals surface area contributed by atoms with Gasteiger partial charge in [-0.1, -0.05) is 6.92 Å². The quantitative estimate of drug-likeness (QED) is 0.676. The van der Waals surface area contributed by atoms with Gasteiger partial charge in [-0.05, 0) is 20.3 Å². The molecule has 1 saturated heterocycles. The van der Waals surface area contributed by atoms with Gasteiger partial charge in [-0.25, -0.2) is 4.79 Å². The molecule has 8 heteroatoms. The summed E-state index contributed by atoms with van der Waals surface area (Å²) < 4.78 is 0. The van der Waals surface area contributed by atoms with E-state index in [9.17, 15) is 24.0 Å². The van der Waals surface area contributed by atoms with E-state index in [1.54, 1.807) is 20.8 Å². The number of imide groups is 2. The van der Waals surface area contributed by atoms with Gasteiger partial charge >= 0.3 is 5.97 Å². The van der Waals surface area contributed by atoms with Crippen LogP contribution in [0.2, 0.25) is 0 Å². The molecule has 0 aromatic rings. The van der Waals surface area contributed by atoms with E-state index < -0.39 is 41.1 Å². The van der Waals surface area contributed by atoms with E-state index in [0.717, 1.165) is 4.90 Å². The van der Waals surface area contributed by atoms with Crippen molar-refractivity contribution in [1.29, 1.82) is 0 Å². The molecule has 23 heavy (non-hydrogen) atoms. The molecule has 1 fully saturated rings. The van der Waals surface area contributed by atoms with Crippen LogP contribution in [0.25, 0.3) is 0 Å². The molecule has 0 aliphatic carbocycles. The van der Waals surface area contributed by atoms with Gasteiger partial charge in [0.15, 0.2) is 0 Å². The normalized spacial score (nSPS) is 19.8. The number of hydrogen-bond acceptors (Lipinski definition) is 6. The summed E-state index contributed by atoms with van der Waals surface area (Å²) in [5.41, 5.74) is -0.908. The standard InChI is InChI=1S/C15H18N2O6/c1-9(14(22)23-17-12(20)6-7-13(17)21)8-15(2,3)16-10(18)4-5-11(16)19/h4-5,9H,6-8H2,1-3H3. The van der Waals surface area contributed by atoms with Crippen molar-refractivity contribution in [2.24, 2.45) is 5.92 Å². The summed E-state index contributed by atoms with van der Waals surface area (Å²) in [7, 11) is 0. The average molecular weight is 322 g/mol. The molecule has 2 aliphatic heterocycles. The number of carbonyl (C=O) groups is 5. The predicted molar refractivity (Wildman–Crippen MR) is 76.0 cm³/mol. The molecule has 0 aromatic heterocycles. The van der Waals surface area contributed by atoms with Crippen molar-refractivity contribution in [3.05, 3.63) is 12.2 Å². The molecular formula is C15H18N2O6. The topological polar surface area (TPSA) is 101 Å². The van der Waals surface area contributed by atoms with E-state index in [4.69, 9.17) is 4.84 Å². The molecule has 2 heterocycles. The van der Waals surface area contributed by atoms with Crippen LogP contribution < -0.4 is 0 Å². The Morgan fingerprint density at radius 2 is 1.61 bits per heavy atom. The Morgan fingerprint density at radius 3 is 2.09 bits per heavy atom. The Labute approximate surface area is 133 Å². The minimum absolute atomic E-state index is 0.0223. The summed E-state index contributed by atoms with van der Waals surface area (Å²) in [5, 5.41) is 0.486. The molecule has 1 unspecified atom stereocenters. The molecule has 1 atom stereocenters. The summed E-state index contributed by atoms with van der Waals surface area (Å²) in [4.78, 5) is 64.4. The fourth-order valence-corrected chi connectivity index (χ4v) is 2.76. The van der Waals surface area contributed by atoms with E-state index in [2.05, 4.69) is 0 Å². The SMILES string of the molecule is CC(CC(C)(C)N1C(=O)C=CC1=O)C(=O)ON1C(=O)CCC1=O. The zero-order valence-electron chi connectivity index (χ0n) is 13.2. The summed E-state index contributed by atoms with van der Waals surface area (Å²) in [6, 6.07) is 0. The van der Waals surface area contributed by atoms with Crippen LogP contribution in [0.4, 0.5) is 0 Å². The van der Waals surface area contributed by atoms with E-state index >= 15 is 0 Å². The van der Waals surface area contributed by atoms with Crippen molar-refractivity contribution in [2.45, 2.75) is 45.6 Å². The minimum Gasteiger partial charge on any atom is -0.330 e. The zero-order valence-corrected chi connectivity index (χ0v) is 13.2. The van der Waals surface area contributed by atoms with Crippen LogP contribution in [-0.4, -0.2) is 45.1 Å². The smallest absolute Gasteiger partial charge is 0.330 e. The van der Waals surface area contributed by atoms with Gasteiger partial charge in [0, 0.05) is 30.5 Å². The number of hydroxylamine groups is 2. The van der Waals surface area contributed by atoms with Gasteiger partial charge in [-0.2, -0.15) is 0 Å². The van der Waals surface area contributed by atoms with Crippen LogP contribution in [0.1, 0.15) is 40.0 Å². The van der Waals surface area contributed by atoms with Gasteiger partial charge < -0.3 is 4.84 Å². The third kappa shape index (κ3) is 3.30. The molecular weight excluding hydrogens is 304 g/mol. The molecule has 0 spiro atoms. The van der Waals surface area contributed by atoms with Gasteiger partial charge in [0.05, 0.1) is 5.92 Å². The predicted octanol–water partition coefficient (Wildman–Crippen LogP) is 0.323. The molecule has 0 saturated carbocycles. The maximum Gasteiger partial charge on any atom is 0.336 e. The van der Waals surface area contributed by atoms with Crippen LogP contribution in [0, 0.1) is 5.92 Å². The highest BCUT2D eigenvalue weighted by Crippen LogP contribution is 2.28. The van der Waals surface area contributed by atoms with Crippen molar-refractivity contribution in [2.75, 3.05) is 0 Å². The number of nitrogens with zero attached hydrogens (tertiary/aromatic N) is 2. The third-order valence-electron chi connectivity index (χ3n) is 3.81. The highest BCUT2D eigenvalue weighted by atomic mass is 16.7. The summed E-state index contributed by atoms with van der Waals surface area (Å²) in [6.07, 6.45) is 2.54. The Morgan fingerprint density at radius 1 is 1.13 bits per heavy atom. The largest absolute Gasteiger partial charge is 0.336 e. The van der Waals surface area contributed by atoms with Crippen LogP contribution >= 0.6 is 0 Å². The minimum atomic E-state index is -0.908. The van der Waals surface area contributed by atoms with E-state index in [1.807, 2.05) is 0 Å². The van der Waals surface area contributed by atoms with Crippen molar-refractivity contribution >= 4 is 29.6 Å². The third-order valence-corrected chi connectivity index (χ3v) is 3.81. The number of rotatable bonds is 5. The van der Waals surface area contributed by atoms with Crippen LogP contribution in [-0.2, 0) is 28.8 Å². The molecule has 0 bridgehead atoms. The number of hydrogen-bond donors (Lipinski definition) is 0. The Kier molecular flexibility index (Phi) is 4.35. The first-order valence-electron chi connectivity index (χ1n) is 7.27. The van der Waals surface area contributed by atoms with E-state index in [-0.39, 0.29) is 19.3 Å². The molecule has 0 aromatic carbocycles. The fraction of sp³-hybridized carbons (Fsp3) is 0.533.